The number of nitrogens with zero attached hydrogens (tertiary/aromatic N) is 5. The summed E-state index contributed by atoms with van der Waals surface area (Å²) in [6.07, 6.45) is 4.43. The van der Waals surface area contributed by atoms with Crippen LogP contribution in [0.4, 0.5) is 0 Å². The Hall–Kier alpha value is -2.74. The molecule has 0 bridgehead atoms. The van der Waals surface area contributed by atoms with Gasteiger partial charge in [0, 0.05) is 30.6 Å². The van der Waals surface area contributed by atoms with Gasteiger partial charge >= 0.3 is 0 Å². The van der Waals surface area contributed by atoms with E-state index in [2.05, 4.69) is 61.7 Å². The SMILES string of the molecule is CCc1nncn1CCNC(=NCc1ccccn1)NC(C)c1cccs1. The molecule has 0 aliphatic carbocycles. The fraction of sp³-hybridized carbons (Fsp3) is 0.368. The molecule has 0 spiro atoms. The molecule has 0 saturated carbocycles. The first-order chi connectivity index (χ1) is 13.3. The van der Waals surface area contributed by atoms with Crippen molar-refractivity contribution in [3.63, 3.8) is 0 Å². The molecular weight excluding hydrogens is 358 g/mol. The maximum atomic E-state index is 4.70. The van der Waals surface area contributed by atoms with Crippen molar-refractivity contribution >= 4 is 17.3 Å². The predicted octanol–water partition coefficient (Wildman–Crippen LogP) is 2.79. The topological polar surface area (TPSA) is 80.0 Å². The van der Waals surface area contributed by atoms with E-state index in [0.717, 1.165) is 37.0 Å². The molecule has 3 heterocycles. The lowest BCUT2D eigenvalue weighted by Gasteiger charge is -2.18. The van der Waals surface area contributed by atoms with Crippen molar-refractivity contribution in [2.75, 3.05) is 6.54 Å². The first-order valence-corrected chi connectivity index (χ1v) is 9.99. The van der Waals surface area contributed by atoms with Crippen LogP contribution in [0, 0.1) is 0 Å². The average Bonchev–Trinajstić information content (AvgIpc) is 3.38. The smallest absolute Gasteiger partial charge is 0.192 e. The number of pyridine rings is 1. The van der Waals surface area contributed by atoms with Crippen molar-refractivity contribution in [2.24, 2.45) is 4.99 Å². The van der Waals surface area contributed by atoms with Crippen LogP contribution >= 0.6 is 11.3 Å². The molecule has 3 aromatic heterocycles. The highest BCUT2D eigenvalue weighted by Gasteiger charge is 2.09. The van der Waals surface area contributed by atoms with Crippen molar-refractivity contribution in [3.05, 3.63) is 64.6 Å². The minimum atomic E-state index is 0.182. The van der Waals surface area contributed by atoms with Gasteiger partial charge in [-0.1, -0.05) is 19.1 Å². The highest BCUT2D eigenvalue weighted by atomic mass is 32.1. The molecule has 0 aromatic carbocycles. The highest BCUT2D eigenvalue weighted by molar-refractivity contribution is 7.10. The zero-order chi connectivity index (χ0) is 18.9. The quantitative estimate of drug-likeness (QED) is 0.462. The van der Waals surface area contributed by atoms with Crippen LogP contribution in [0.5, 0.6) is 0 Å². The Morgan fingerprint density at radius 3 is 2.96 bits per heavy atom. The minimum absolute atomic E-state index is 0.182. The lowest BCUT2D eigenvalue weighted by molar-refractivity contribution is 0.620. The molecule has 0 radical (unpaired) electrons. The Morgan fingerprint density at radius 2 is 2.22 bits per heavy atom. The number of aliphatic imine (C=N–C) groups is 1. The monoisotopic (exact) mass is 383 g/mol. The van der Waals surface area contributed by atoms with Gasteiger partial charge in [0.2, 0.25) is 0 Å². The Kier molecular flexibility index (Phi) is 6.92. The van der Waals surface area contributed by atoms with E-state index in [1.807, 2.05) is 18.2 Å². The van der Waals surface area contributed by atoms with Crippen molar-refractivity contribution in [1.29, 1.82) is 0 Å². The maximum absolute atomic E-state index is 4.70. The van der Waals surface area contributed by atoms with Gasteiger partial charge in [0.15, 0.2) is 5.96 Å². The minimum Gasteiger partial charge on any atom is -0.355 e. The molecule has 0 aliphatic rings. The summed E-state index contributed by atoms with van der Waals surface area (Å²) in [4.78, 5) is 10.3. The lowest BCUT2D eigenvalue weighted by atomic mass is 10.3. The molecular formula is C19H25N7S. The first-order valence-electron chi connectivity index (χ1n) is 9.11. The van der Waals surface area contributed by atoms with Gasteiger partial charge in [0.05, 0.1) is 18.3 Å². The number of guanidine groups is 1. The highest BCUT2D eigenvalue weighted by Crippen LogP contribution is 2.17. The lowest BCUT2D eigenvalue weighted by Crippen LogP contribution is -2.40. The zero-order valence-corrected chi connectivity index (χ0v) is 16.5. The normalized spacial score (nSPS) is 12.7. The fourth-order valence-electron chi connectivity index (χ4n) is 2.65. The largest absolute Gasteiger partial charge is 0.355 e. The third kappa shape index (κ3) is 5.62. The van der Waals surface area contributed by atoms with Gasteiger partial charge < -0.3 is 15.2 Å². The summed E-state index contributed by atoms with van der Waals surface area (Å²) in [6, 6.07) is 10.2. The summed E-state index contributed by atoms with van der Waals surface area (Å²) < 4.78 is 2.06. The molecule has 8 heteroatoms. The summed E-state index contributed by atoms with van der Waals surface area (Å²) in [5, 5.41) is 17.1. The van der Waals surface area contributed by atoms with Crippen LogP contribution in [-0.2, 0) is 19.5 Å². The summed E-state index contributed by atoms with van der Waals surface area (Å²) in [5.41, 5.74) is 0.939. The van der Waals surface area contributed by atoms with Crippen LogP contribution < -0.4 is 10.6 Å². The van der Waals surface area contributed by atoms with Crippen LogP contribution in [0.25, 0.3) is 0 Å². The van der Waals surface area contributed by atoms with E-state index in [1.165, 1.54) is 4.88 Å². The molecule has 3 rings (SSSR count). The molecule has 7 nitrogen and oxygen atoms in total. The second-order valence-corrected chi connectivity index (χ2v) is 7.07. The van der Waals surface area contributed by atoms with Crippen LogP contribution in [0.15, 0.2) is 53.2 Å². The number of hydrogen-bond acceptors (Lipinski definition) is 5. The fourth-order valence-corrected chi connectivity index (χ4v) is 3.39. The summed E-state index contributed by atoms with van der Waals surface area (Å²) >= 11 is 1.74. The number of nitrogens with one attached hydrogen (secondary N) is 2. The van der Waals surface area contributed by atoms with E-state index in [4.69, 9.17) is 4.99 Å². The molecule has 0 fully saturated rings. The van der Waals surface area contributed by atoms with Gasteiger partial charge in [-0.15, -0.1) is 21.5 Å². The van der Waals surface area contributed by atoms with E-state index >= 15 is 0 Å². The molecule has 2 N–H and O–H groups in total. The van der Waals surface area contributed by atoms with Crippen molar-refractivity contribution in [1.82, 2.24) is 30.4 Å². The molecule has 27 heavy (non-hydrogen) atoms. The average molecular weight is 384 g/mol. The maximum Gasteiger partial charge on any atom is 0.192 e. The second-order valence-electron chi connectivity index (χ2n) is 6.09. The number of rotatable bonds is 8. The van der Waals surface area contributed by atoms with Gasteiger partial charge in [-0.3, -0.25) is 4.98 Å². The summed E-state index contributed by atoms with van der Waals surface area (Å²) in [7, 11) is 0. The van der Waals surface area contributed by atoms with Crippen molar-refractivity contribution < 1.29 is 0 Å². The van der Waals surface area contributed by atoms with Gasteiger partial charge in [-0.05, 0) is 30.5 Å². The van der Waals surface area contributed by atoms with Gasteiger partial charge in [0.25, 0.3) is 0 Å². The number of thiophene rings is 1. The Labute approximate surface area is 163 Å². The number of hydrogen-bond donors (Lipinski definition) is 2. The van der Waals surface area contributed by atoms with Gasteiger partial charge in [-0.25, -0.2) is 4.99 Å². The molecule has 142 valence electrons. The van der Waals surface area contributed by atoms with Crippen LogP contribution in [0.2, 0.25) is 0 Å². The molecule has 1 atom stereocenters. The standard InChI is InChI=1S/C19H25N7S/c1-3-18-25-23-14-26(18)11-10-21-19(22-13-16-7-4-5-9-20-16)24-15(2)17-8-6-12-27-17/h4-9,12,14-15H,3,10-11,13H2,1-2H3,(H2,21,22,24). The number of aryl methyl sites for hydroxylation is 1. The third-order valence-corrected chi connectivity index (χ3v) is 5.16. The molecule has 0 saturated heterocycles. The van der Waals surface area contributed by atoms with E-state index in [1.54, 1.807) is 23.9 Å². The zero-order valence-electron chi connectivity index (χ0n) is 15.7. The van der Waals surface area contributed by atoms with Crippen LogP contribution in [0.3, 0.4) is 0 Å². The summed E-state index contributed by atoms with van der Waals surface area (Å²) in [5.74, 6) is 1.76. The van der Waals surface area contributed by atoms with Crippen molar-refractivity contribution in [3.8, 4) is 0 Å². The summed E-state index contributed by atoms with van der Waals surface area (Å²) in [6.45, 7) is 6.26. The Bertz CT molecular complexity index is 827. The molecule has 0 amide bonds. The predicted molar refractivity (Wildman–Crippen MR) is 109 cm³/mol. The first kappa shape index (κ1) is 19.0. The van der Waals surface area contributed by atoms with E-state index in [9.17, 15) is 0 Å². The van der Waals surface area contributed by atoms with E-state index in [0.29, 0.717) is 6.54 Å². The molecule has 0 aliphatic heterocycles. The van der Waals surface area contributed by atoms with E-state index < -0.39 is 0 Å². The van der Waals surface area contributed by atoms with E-state index in [-0.39, 0.29) is 6.04 Å². The van der Waals surface area contributed by atoms with Crippen LogP contribution in [-0.4, -0.2) is 32.3 Å². The third-order valence-electron chi connectivity index (χ3n) is 4.11. The van der Waals surface area contributed by atoms with Gasteiger partial charge in [-0.2, -0.15) is 0 Å². The Balaban J connectivity index is 1.63. The van der Waals surface area contributed by atoms with Gasteiger partial charge in [0.1, 0.15) is 12.2 Å². The molecule has 3 aromatic rings. The Morgan fingerprint density at radius 1 is 1.30 bits per heavy atom. The van der Waals surface area contributed by atoms with Crippen molar-refractivity contribution in [2.45, 2.75) is 39.4 Å². The van der Waals surface area contributed by atoms with Crippen LogP contribution in [0.1, 0.15) is 36.3 Å². The second kappa shape index (κ2) is 9.82. The number of aromatic nitrogens is 4. The molecule has 1 unspecified atom stereocenters.